The van der Waals surface area contributed by atoms with E-state index in [-0.39, 0.29) is 18.9 Å². The van der Waals surface area contributed by atoms with Gasteiger partial charge in [0, 0.05) is 36.3 Å². The first-order valence-corrected chi connectivity index (χ1v) is 14.7. The molecule has 9 nitrogen and oxygen atoms in total. The number of fused-ring (bicyclic) bond motifs is 4. The summed E-state index contributed by atoms with van der Waals surface area (Å²) in [6.07, 6.45) is 3.43. The molecule has 45 heavy (non-hydrogen) atoms. The first-order valence-electron chi connectivity index (χ1n) is 14.7. The van der Waals surface area contributed by atoms with Crippen LogP contribution in [0.1, 0.15) is 43.4 Å². The Morgan fingerprint density at radius 3 is 2.18 bits per heavy atom. The number of carbonyl (C=O) groups is 3. The van der Waals surface area contributed by atoms with Gasteiger partial charge in [0.15, 0.2) is 0 Å². The van der Waals surface area contributed by atoms with Crippen molar-refractivity contribution in [1.29, 1.82) is 0 Å². The van der Waals surface area contributed by atoms with Crippen molar-refractivity contribution in [2.45, 2.75) is 44.8 Å². The highest BCUT2D eigenvalue weighted by Gasteiger charge is 2.30. The van der Waals surface area contributed by atoms with Crippen molar-refractivity contribution in [1.82, 2.24) is 14.9 Å². The van der Waals surface area contributed by atoms with E-state index >= 15 is 0 Å². The van der Waals surface area contributed by atoms with Gasteiger partial charge in [0.2, 0.25) is 0 Å². The summed E-state index contributed by atoms with van der Waals surface area (Å²) >= 11 is 0. The monoisotopic (exact) mass is 603 g/mol. The SMILES string of the molecule is CC(C)(C)OC(=O)n1cc(C[C@H](NC(=O)OCC2c3ccccc3-c3ccccc32)C(=O)O)c2cc(-c3ccncc3)ccc21. The van der Waals surface area contributed by atoms with Crippen LogP contribution < -0.4 is 5.32 Å². The summed E-state index contributed by atoms with van der Waals surface area (Å²) in [6, 6.07) is 24.0. The lowest BCUT2D eigenvalue weighted by molar-refractivity contribution is -0.139. The molecule has 228 valence electrons. The van der Waals surface area contributed by atoms with Crippen LogP contribution in [0, 0.1) is 0 Å². The third kappa shape index (κ3) is 6.15. The zero-order chi connectivity index (χ0) is 31.7. The second kappa shape index (κ2) is 11.9. The van der Waals surface area contributed by atoms with Crippen LogP contribution in [0.2, 0.25) is 0 Å². The molecule has 0 unspecified atom stereocenters. The quantitative estimate of drug-likeness (QED) is 0.205. The number of benzene rings is 3. The number of nitrogens with zero attached hydrogens (tertiary/aromatic N) is 2. The molecule has 2 heterocycles. The van der Waals surface area contributed by atoms with Crippen molar-refractivity contribution >= 4 is 29.1 Å². The van der Waals surface area contributed by atoms with Gasteiger partial charge >= 0.3 is 18.2 Å². The predicted molar refractivity (Wildman–Crippen MR) is 170 cm³/mol. The molecule has 0 bridgehead atoms. The minimum absolute atomic E-state index is 0.0550. The van der Waals surface area contributed by atoms with Gasteiger partial charge in [-0.15, -0.1) is 0 Å². The van der Waals surface area contributed by atoms with E-state index in [0.717, 1.165) is 33.4 Å². The van der Waals surface area contributed by atoms with E-state index in [1.54, 1.807) is 45.4 Å². The Balaban J connectivity index is 1.25. The molecular weight excluding hydrogens is 570 g/mol. The fourth-order valence-corrected chi connectivity index (χ4v) is 5.85. The molecule has 0 radical (unpaired) electrons. The molecule has 0 saturated carbocycles. The normalized spacial score (nSPS) is 13.1. The first kappa shape index (κ1) is 29.6. The molecule has 0 spiro atoms. The number of carboxylic acid groups (broad SMARTS) is 1. The molecule has 1 aliphatic rings. The molecule has 2 N–H and O–H groups in total. The molecule has 2 aromatic heterocycles. The number of rotatable bonds is 7. The van der Waals surface area contributed by atoms with Gasteiger partial charge in [0.05, 0.1) is 5.52 Å². The van der Waals surface area contributed by atoms with Crippen molar-refractivity contribution in [2.24, 2.45) is 0 Å². The number of carboxylic acids is 1. The van der Waals surface area contributed by atoms with Gasteiger partial charge in [-0.25, -0.2) is 14.4 Å². The van der Waals surface area contributed by atoms with E-state index < -0.39 is 29.8 Å². The molecule has 9 heteroatoms. The number of alkyl carbamates (subject to hydrolysis) is 1. The Hall–Kier alpha value is -5.44. The first-order chi connectivity index (χ1) is 21.6. The van der Waals surface area contributed by atoms with Crippen LogP contribution in [0.5, 0.6) is 0 Å². The van der Waals surface area contributed by atoms with Crippen LogP contribution in [0.3, 0.4) is 0 Å². The Morgan fingerprint density at radius 2 is 1.56 bits per heavy atom. The van der Waals surface area contributed by atoms with Crippen LogP contribution in [-0.4, -0.2) is 51.1 Å². The van der Waals surface area contributed by atoms with Crippen LogP contribution in [0.15, 0.2) is 97.5 Å². The zero-order valence-electron chi connectivity index (χ0n) is 25.2. The summed E-state index contributed by atoms with van der Waals surface area (Å²) in [4.78, 5) is 42.7. The number of ether oxygens (including phenoxy) is 2. The van der Waals surface area contributed by atoms with E-state index in [1.165, 1.54) is 4.57 Å². The second-order valence-electron chi connectivity index (χ2n) is 12.0. The molecule has 0 saturated heterocycles. The number of aromatic nitrogens is 2. The molecular formula is C36H33N3O6. The zero-order valence-corrected chi connectivity index (χ0v) is 25.2. The van der Waals surface area contributed by atoms with Gasteiger partial charge in [-0.3, -0.25) is 9.55 Å². The molecule has 1 amide bonds. The fourth-order valence-electron chi connectivity index (χ4n) is 5.85. The van der Waals surface area contributed by atoms with Crippen molar-refractivity contribution in [2.75, 3.05) is 6.61 Å². The maximum atomic E-state index is 13.2. The smallest absolute Gasteiger partial charge is 0.419 e. The molecule has 1 atom stereocenters. The summed E-state index contributed by atoms with van der Waals surface area (Å²) < 4.78 is 12.6. The Morgan fingerprint density at radius 1 is 0.911 bits per heavy atom. The van der Waals surface area contributed by atoms with E-state index in [1.807, 2.05) is 72.8 Å². The van der Waals surface area contributed by atoms with E-state index in [9.17, 15) is 19.5 Å². The Kier molecular flexibility index (Phi) is 7.85. The Labute approximate surface area is 260 Å². The van der Waals surface area contributed by atoms with Crippen molar-refractivity contribution in [3.63, 3.8) is 0 Å². The fraction of sp³-hybridized carbons (Fsp3) is 0.222. The average molecular weight is 604 g/mol. The summed E-state index contributed by atoms with van der Waals surface area (Å²) in [7, 11) is 0. The maximum absolute atomic E-state index is 13.2. The van der Waals surface area contributed by atoms with Crippen molar-refractivity contribution < 1.29 is 29.0 Å². The molecule has 0 aliphatic heterocycles. The average Bonchev–Trinajstić information content (AvgIpc) is 3.54. The van der Waals surface area contributed by atoms with Crippen molar-refractivity contribution in [3.05, 3.63) is 114 Å². The van der Waals surface area contributed by atoms with Crippen molar-refractivity contribution in [3.8, 4) is 22.3 Å². The van der Waals surface area contributed by atoms with Crippen LogP contribution in [0.25, 0.3) is 33.2 Å². The number of aliphatic carboxylic acids is 1. The predicted octanol–water partition coefficient (Wildman–Crippen LogP) is 7.02. The lowest BCUT2D eigenvalue weighted by Crippen LogP contribution is -2.42. The van der Waals surface area contributed by atoms with E-state index in [0.29, 0.717) is 16.5 Å². The van der Waals surface area contributed by atoms with Crippen LogP contribution >= 0.6 is 0 Å². The number of pyridine rings is 1. The number of nitrogens with one attached hydrogen (secondary N) is 1. The number of carbonyl (C=O) groups excluding carboxylic acids is 2. The third-order valence-electron chi connectivity index (χ3n) is 7.85. The number of hydrogen-bond acceptors (Lipinski definition) is 6. The van der Waals surface area contributed by atoms with Gasteiger partial charge in [-0.2, -0.15) is 0 Å². The molecule has 0 fully saturated rings. The second-order valence-corrected chi connectivity index (χ2v) is 12.0. The molecule has 3 aromatic carbocycles. The minimum Gasteiger partial charge on any atom is -0.480 e. The van der Waals surface area contributed by atoms with Crippen LogP contribution in [0.4, 0.5) is 9.59 Å². The van der Waals surface area contributed by atoms with Gasteiger partial charge < -0.3 is 19.9 Å². The summed E-state index contributed by atoms with van der Waals surface area (Å²) in [6.45, 7) is 5.38. The van der Waals surface area contributed by atoms with E-state index in [2.05, 4.69) is 10.3 Å². The highest BCUT2D eigenvalue weighted by atomic mass is 16.6. The maximum Gasteiger partial charge on any atom is 0.419 e. The van der Waals surface area contributed by atoms with Gasteiger partial charge in [0.1, 0.15) is 18.2 Å². The Bertz CT molecular complexity index is 1860. The summed E-state index contributed by atoms with van der Waals surface area (Å²) in [5, 5.41) is 13.3. The summed E-state index contributed by atoms with van der Waals surface area (Å²) in [5.74, 6) is -1.39. The standard InChI is InChI=1S/C36H33N3O6/c1-36(2,3)45-35(43)39-20-24(29-18-23(12-13-32(29)39)22-14-16-37-17-15-22)19-31(33(40)41)38-34(42)44-21-30-27-10-6-4-8-25(27)26-9-5-7-11-28(26)30/h4-18,20,30-31H,19,21H2,1-3H3,(H,38,42)(H,40,41)/t31-/m0/s1. The van der Waals surface area contributed by atoms with Gasteiger partial charge in [-0.1, -0.05) is 54.6 Å². The van der Waals surface area contributed by atoms with E-state index in [4.69, 9.17) is 9.47 Å². The molecule has 1 aliphatic carbocycles. The van der Waals surface area contributed by atoms with Gasteiger partial charge in [-0.05, 0) is 84.0 Å². The number of hydrogen-bond donors (Lipinski definition) is 2. The topological polar surface area (TPSA) is 120 Å². The lowest BCUT2D eigenvalue weighted by Gasteiger charge is -2.19. The minimum atomic E-state index is -1.32. The lowest BCUT2D eigenvalue weighted by atomic mass is 9.98. The third-order valence-corrected chi connectivity index (χ3v) is 7.85. The molecule has 6 rings (SSSR count). The number of amides is 1. The largest absolute Gasteiger partial charge is 0.480 e. The summed E-state index contributed by atoms with van der Waals surface area (Å²) in [5.41, 5.74) is 6.46. The molecule has 5 aromatic rings. The highest BCUT2D eigenvalue weighted by molar-refractivity contribution is 5.95. The highest BCUT2D eigenvalue weighted by Crippen LogP contribution is 2.44. The van der Waals surface area contributed by atoms with Gasteiger partial charge in [0.25, 0.3) is 0 Å². The van der Waals surface area contributed by atoms with Crippen LogP contribution in [-0.2, 0) is 20.7 Å².